The highest BCUT2D eigenvalue weighted by molar-refractivity contribution is 7.89. The van der Waals surface area contributed by atoms with Crippen LogP contribution in [0.15, 0.2) is 29.2 Å². The van der Waals surface area contributed by atoms with Gasteiger partial charge in [-0.2, -0.15) is 4.31 Å². The number of sulfonamides is 1. The van der Waals surface area contributed by atoms with Crippen molar-refractivity contribution < 1.29 is 17.9 Å². The quantitative estimate of drug-likeness (QED) is 0.818. The molecule has 24 heavy (non-hydrogen) atoms. The zero-order valence-corrected chi connectivity index (χ0v) is 15.6. The molecule has 1 aromatic carbocycles. The number of nitrogens with zero attached hydrogens (tertiary/aromatic N) is 2. The van der Waals surface area contributed by atoms with E-state index in [0.29, 0.717) is 31.0 Å². The van der Waals surface area contributed by atoms with Gasteiger partial charge in [-0.1, -0.05) is 32.9 Å². The molecule has 0 aromatic heterocycles. The molecule has 6 nitrogen and oxygen atoms in total. The summed E-state index contributed by atoms with van der Waals surface area (Å²) in [6.07, 6.45) is 0.179. The SMILES string of the molecule is COC(=O)N1CCCN(S(=O)(=O)c2ccc(C(C)(C)C)cc2)CC1. The molecule has 0 aliphatic carbocycles. The largest absolute Gasteiger partial charge is 0.453 e. The minimum absolute atomic E-state index is 0.0219. The number of ether oxygens (including phenoxy) is 1. The fraction of sp³-hybridized carbons (Fsp3) is 0.588. The van der Waals surface area contributed by atoms with Crippen molar-refractivity contribution in [1.82, 2.24) is 9.21 Å². The van der Waals surface area contributed by atoms with E-state index in [4.69, 9.17) is 4.74 Å². The van der Waals surface area contributed by atoms with E-state index in [9.17, 15) is 13.2 Å². The van der Waals surface area contributed by atoms with Gasteiger partial charge in [-0.15, -0.1) is 0 Å². The number of benzene rings is 1. The summed E-state index contributed by atoms with van der Waals surface area (Å²) in [6.45, 7) is 7.79. The Morgan fingerprint density at radius 1 is 1.04 bits per heavy atom. The molecule has 1 fully saturated rings. The highest BCUT2D eigenvalue weighted by Crippen LogP contribution is 2.25. The van der Waals surface area contributed by atoms with Crippen LogP contribution in [0, 0.1) is 0 Å². The average Bonchev–Trinajstić information content (AvgIpc) is 2.80. The third kappa shape index (κ3) is 4.08. The Labute approximate surface area is 144 Å². The van der Waals surface area contributed by atoms with Crippen molar-refractivity contribution in [2.75, 3.05) is 33.3 Å². The predicted octanol–water partition coefficient (Wildman–Crippen LogP) is 2.45. The number of amides is 1. The maximum Gasteiger partial charge on any atom is 0.409 e. The van der Waals surface area contributed by atoms with Gasteiger partial charge in [0.2, 0.25) is 10.0 Å². The summed E-state index contributed by atoms with van der Waals surface area (Å²) in [7, 11) is -2.22. The molecule has 7 heteroatoms. The Balaban J connectivity index is 2.17. The van der Waals surface area contributed by atoms with Crippen LogP contribution in [0.1, 0.15) is 32.8 Å². The number of hydrogen-bond donors (Lipinski definition) is 0. The van der Waals surface area contributed by atoms with Crippen LogP contribution in [0.4, 0.5) is 4.79 Å². The van der Waals surface area contributed by atoms with Crippen LogP contribution >= 0.6 is 0 Å². The Kier molecular flexibility index (Phi) is 5.55. The first-order chi connectivity index (χ1) is 11.2. The number of methoxy groups -OCH3 is 1. The molecule has 1 amide bonds. The lowest BCUT2D eigenvalue weighted by Crippen LogP contribution is -2.37. The summed E-state index contributed by atoms with van der Waals surface area (Å²) in [5.74, 6) is 0. The second kappa shape index (κ2) is 7.11. The van der Waals surface area contributed by atoms with E-state index in [-0.39, 0.29) is 12.0 Å². The second-order valence-corrected chi connectivity index (χ2v) is 8.93. The first-order valence-electron chi connectivity index (χ1n) is 8.10. The van der Waals surface area contributed by atoms with Crippen LogP contribution < -0.4 is 0 Å². The van der Waals surface area contributed by atoms with Crippen molar-refractivity contribution in [3.63, 3.8) is 0 Å². The molecule has 1 saturated heterocycles. The van der Waals surface area contributed by atoms with E-state index in [1.165, 1.54) is 16.3 Å². The van der Waals surface area contributed by atoms with Gasteiger partial charge in [0.25, 0.3) is 0 Å². The van der Waals surface area contributed by atoms with Crippen molar-refractivity contribution in [3.05, 3.63) is 29.8 Å². The molecule has 0 unspecified atom stereocenters. The molecule has 1 heterocycles. The third-order valence-electron chi connectivity index (χ3n) is 4.25. The van der Waals surface area contributed by atoms with Crippen molar-refractivity contribution in [2.24, 2.45) is 0 Å². The maximum atomic E-state index is 12.8. The minimum atomic E-state index is -3.55. The summed E-state index contributed by atoms with van der Waals surface area (Å²) in [5.41, 5.74) is 1.07. The highest BCUT2D eigenvalue weighted by atomic mass is 32.2. The average molecular weight is 354 g/mol. The van der Waals surface area contributed by atoms with E-state index in [1.807, 2.05) is 12.1 Å². The van der Waals surface area contributed by atoms with Crippen LogP contribution in [-0.4, -0.2) is 57.0 Å². The Morgan fingerprint density at radius 2 is 1.67 bits per heavy atom. The molecule has 0 atom stereocenters. The zero-order chi connectivity index (χ0) is 18.0. The lowest BCUT2D eigenvalue weighted by Gasteiger charge is -2.22. The fourth-order valence-electron chi connectivity index (χ4n) is 2.72. The molecule has 134 valence electrons. The van der Waals surface area contributed by atoms with E-state index in [1.54, 1.807) is 12.1 Å². The number of rotatable bonds is 2. The summed E-state index contributed by atoms with van der Waals surface area (Å²) < 4.78 is 31.8. The van der Waals surface area contributed by atoms with Gasteiger partial charge in [-0.05, 0) is 29.5 Å². The second-order valence-electron chi connectivity index (χ2n) is 6.99. The molecule has 1 aliphatic rings. The van der Waals surface area contributed by atoms with E-state index in [0.717, 1.165) is 5.56 Å². The van der Waals surface area contributed by atoms with Gasteiger partial charge in [0, 0.05) is 26.2 Å². The topological polar surface area (TPSA) is 66.9 Å². The Hall–Kier alpha value is -1.60. The minimum Gasteiger partial charge on any atom is -0.453 e. The highest BCUT2D eigenvalue weighted by Gasteiger charge is 2.28. The van der Waals surface area contributed by atoms with Gasteiger partial charge in [0.1, 0.15) is 0 Å². The molecule has 0 N–H and O–H groups in total. The van der Waals surface area contributed by atoms with Gasteiger partial charge < -0.3 is 9.64 Å². The number of hydrogen-bond acceptors (Lipinski definition) is 4. The number of carbonyl (C=O) groups excluding carboxylic acids is 1. The smallest absolute Gasteiger partial charge is 0.409 e. The molecular formula is C17H26N2O4S. The molecule has 0 spiro atoms. The molecule has 0 saturated carbocycles. The van der Waals surface area contributed by atoms with Crippen LogP contribution in [0.3, 0.4) is 0 Å². The molecule has 2 rings (SSSR count). The molecule has 0 radical (unpaired) electrons. The summed E-state index contributed by atoms with van der Waals surface area (Å²) in [6, 6.07) is 7.06. The van der Waals surface area contributed by atoms with E-state index in [2.05, 4.69) is 20.8 Å². The molecular weight excluding hydrogens is 328 g/mol. The van der Waals surface area contributed by atoms with Gasteiger partial charge in [-0.25, -0.2) is 13.2 Å². The van der Waals surface area contributed by atoms with Gasteiger partial charge in [0.05, 0.1) is 12.0 Å². The molecule has 0 bridgehead atoms. The summed E-state index contributed by atoms with van der Waals surface area (Å²) >= 11 is 0. The Bertz CT molecular complexity index is 678. The van der Waals surface area contributed by atoms with Crippen LogP contribution in [0.5, 0.6) is 0 Å². The van der Waals surface area contributed by atoms with Crippen molar-refractivity contribution in [3.8, 4) is 0 Å². The summed E-state index contributed by atoms with van der Waals surface area (Å²) in [5, 5.41) is 0. The van der Waals surface area contributed by atoms with E-state index >= 15 is 0 Å². The molecule has 1 aromatic rings. The summed E-state index contributed by atoms with van der Waals surface area (Å²) in [4.78, 5) is 13.4. The van der Waals surface area contributed by atoms with Gasteiger partial charge in [0.15, 0.2) is 0 Å². The zero-order valence-electron chi connectivity index (χ0n) is 14.8. The van der Waals surface area contributed by atoms with Crippen molar-refractivity contribution in [2.45, 2.75) is 37.5 Å². The first kappa shape index (κ1) is 18.7. The molecule has 1 aliphatic heterocycles. The first-order valence-corrected chi connectivity index (χ1v) is 9.54. The van der Waals surface area contributed by atoms with Gasteiger partial charge in [-0.3, -0.25) is 0 Å². The predicted molar refractivity (Wildman–Crippen MR) is 92.5 cm³/mol. The maximum absolute atomic E-state index is 12.8. The lowest BCUT2D eigenvalue weighted by atomic mass is 9.87. The standard InChI is InChI=1S/C17H26N2O4S/c1-17(2,3)14-6-8-15(9-7-14)24(21,22)19-11-5-10-18(12-13-19)16(20)23-4/h6-9H,5,10-13H2,1-4H3. The third-order valence-corrected chi connectivity index (χ3v) is 6.16. The van der Waals surface area contributed by atoms with Crippen molar-refractivity contribution in [1.29, 1.82) is 0 Å². The van der Waals surface area contributed by atoms with Gasteiger partial charge >= 0.3 is 6.09 Å². The Morgan fingerprint density at radius 3 is 2.21 bits per heavy atom. The van der Waals surface area contributed by atoms with Crippen LogP contribution in [-0.2, 0) is 20.2 Å². The van der Waals surface area contributed by atoms with Crippen LogP contribution in [0.2, 0.25) is 0 Å². The van der Waals surface area contributed by atoms with Crippen molar-refractivity contribution >= 4 is 16.1 Å². The lowest BCUT2D eigenvalue weighted by molar-refractivity contribution is 0.126. The van der Waals surface area contributed by atoms with E-state index < -0.39 is 16.1 Å². The van der Waals surface area contributed by atoms with Crippen LogP contribution in [0.25, 0.3) is 0 Å². The fourth-order valence-corrected chi connectivity index (χ4v) is 4.19. The normalized spacial score (nSPS) is 17.4. The monoisotopic (exact) mass is 354 g/mol. The number of carbonyl (C=O) groups is 1.